The maximum atomic E-state index is 12.6. The molecule has 0 amide bonds. The van der Waals surface area contributed by atoms with Gasteiger partial charge in [-0.1, -0.05) is 30.3 Å². The molecule has 4 aromatic rings. The standard InChI is InChI=1S/C24H22N4O2S/c1-27-23(29)15-20(17-8-10-25-11-9-17)26-24(27)28-12-13-30-21(16-28)18-4-6-19(7-5-18)22-3-2-14-31-22/h2-11,14-15,21H,12-13,16H2,1H3. The summed E-state index contributed by atoms with van der Waals surface area (Å²) in [6, 6.07) is 18.0. The summed E-state index contributed by atoms with van der Waals surface area (Å²) in [4.78, 5) is 24.9. The molecule has 0 spiro atoms. The first kappa shape index (κ1) is 19.7. The minimum atomic E-state index is -0.0832. The average molecular weight is 431 g/mol. The van der Waals surface area contributed by atoms with Crippen molar-refractivity contribution in [2.75, 3.05) is 24.6 Å². The lowest BCUT2D eigenvalue weighted by molar-refractivity contribution is 0.0390. The second-order valence-electron chi connectivity index (χ2n) is 7.48. The van der Waals surface area contributed by atoms with Crippen LogP contribution in [0.15, 0.2) is 77.2 Å². The van der Waals surface area contributed by atoms with Crippen LogP contribution in [0.2, 0.25) is 0 Å². The highest BCUT2D eigenvalue weighted by atomic mass is 32.1. The molecule has 1 aromatic carbocycles. The maximum Gasteiger partial charge on any atom is 0.255 e. The number of hydrogen-bond acceptors (Lipinski definition) is 6. The minimum absolute atomic E-state index is 0.0763. The van der Waals surface area contributed by atoms with Crippen LogP contribution in [0.1, 0.15) is 11.7 Å². The van der Waals surface area contributed by atoms with Crippen molar-refractivity contribution in [1.29, 1.82) is 0 Å². The molecule has 1 aliphatic heterocycles. The average Bonchev–Trinajstić information content (AvgIpc) is 3.37. The molecule has 1 unspecified atom stereocenters. The number of benzene rings is 1. The summed E-state index contributed by atoms with van der Waals surface area (Å²) in [6.45, 7) is 1.90. The number of rotatable bonds is 4. The normalized spacial score (nSPS) is 16.4. The first-order valence-electron chi connectivity index (χ1n) is 10.2. The highest BCUT2D eigenvalue weighted by molar-refractivity contribution is 7.13. The molecule has 6 nitrogen and oxygen atoms in total. The highest BCUT2D eigenvalue weighted by Crippen LogP contribution is 2.29. The van der Waals surface area contributed by atoms with Crippen LogP contribution in [0.3, 0.4) is 0 Å². The van der Waals surface area contributed by atoms with E-state index in [1.807, 2.05) is 12.1 Å². The zero-order chi connectivity index (χ0) is 21.2. The summed E-state index contributed by atoms with van der Waals surface area (Å²) in [7, 11) is 1.77. The van der Waals surface area contributed by atoms with Gasteiger partial charge in [-0.15, -0.1) is 11.3 Å². The zero-order valence-electron chi connectivity index (χ0n) is 17.1. The number of nitrogens with zero attached hydrogens (tertiary/aromatic N) is 4. The van der Waals surface area contributed by atoms with E-state index in [1.54, 1.807) is 41.4 Å². The van der Waals surface area contributed by atoms with Crippen LogP contribution >= 0.6 is 11.3 Å². The molecule has 31 heavy (non-hydrogen) atoms. The molecule has 0 aliphatic carbocycles. The van der Waals surface area contributed by atoms with Crippen LogP contribution in [0, 0.1) is 0 Å². The topological polar surface area (TPSA) is 60.2 Å². The fourth-order valence-corrected chi connectivity index (χ4v) is 4.55. The zero-order valence-corrected chi connectivity index (χ0v) is 18.0. The van der Waals surface area contributed by atoms with Crippen molar-refractivity contribution >= 4 is 17.3 Å². The summed E-state index contributed by atoms with van der Waals surface area (Å²) >= 11 is 1.73. The molecule has 0 saturated carbocycles. The fraction of sp³-hybridized carbons (Fsp3) is 0.208. The Balaban J connectivity index is 1.42. The molecule has 156 valence electrons. The summed E-state index contributed by atoms with van der Waals surface area (Å²) in [5, 5.41) is 2.09. The quantitative estimate of drug-likeness (QED) is 0.487. The SMILES string of the molecule is Cn1c(N2CCOC(c3ccc(-c4cccs4)cc3)C2)nc(-c2ccncc2)cc1=O. The van der Waals surface area contributed by atoms with E-state index < -0.39 is 0 Å². The van der Waals surface area contributed by atoms with Crippen molar-refractivity contribution in [2.45, 2.75) is 6.10 Å². The van der Waals surface area contributed by atoms with Crippen molar-refractivity contribution in [3.63, 3.8) is 0 Å². The van der Waals surface area contributed by atoms with Gasteiger partial charge in [-0.25, -0.2) is 4.98 Å². The molecule has 5 rings (SSSR count). The van der Waals surface area contributed by atoms with Gasteiger partial charge in [-0.05, 0) is 34.7 Å². The third-order valence-electron chi connectivity index (χ3n) is 5.52. The Kier molecular flexibility index (Phi) is 5.36. The van der Waals surface area contributed by atoms with E-state index in [-0.39, 0.29) is 11.7 Å². The molecular weight excluding hydrogens is 408 g/mol. The van der Waals surface area contributed by atoms with Crippen LogP contribution in [-0.2, 0) is 11.8 Å². The Labute approximate surface area is 184 Å². The molecule has 1 saturated heterocycles. The van der Waals surface area contributed by atoms with Gasteiger partial charge in [0.2, 0.25) is 5.95 Å². The maximum absolute atomic E-state index is 12.6. The predicted molar refractivity (Wildman–Crippen MR) is 123 cm³/mol. The minimum Gasteiger partial charge on any atom is -0.370 e. The number of aromatic nitrogens is 3. The van der Waals surface area contributed by atoms with Gasteiger partial charge >= 0.3 is 0 Å². The van der Waals surface area contributed by atoms with E-state index in [9.17, 15) is 4.79 Å². The summed E-state index contributed by atoms with van der Waals surface area (Å²) in [5.41, 5.74) is 3.78. The summed E-state index contributed by atoms with van der Waals surface area (Å²) in [5.74, 6) is 0.655. The number of ether oxygens (including phenoxy) is 1. The third-order valence-corrected chi connectivity index (χ3v) is 6.44. The molecule has 7 heteroatoms. The second kappa shape index (κ2) is 8.45. The number of morpholine rings is 1. The molecule has 1 fully saturated rings. The number of anilines is 1. The Morgan fingerprint density at radius 1 is 1.06 bits per heavy atom. The van der Waals surface area contributed by atoms with Crippen LogP contribution in [0.4, 0.5) is 5.95 Å². The molecule has 1 atom stereocenters. The number of hydrogen-bond donors (Lipinski definition) is 0. The lowest BCUT2D eigenvalue weighted by atomic mass is 10.0. The van der Waals surface area contributed by atoms with Crippen LogP contribution in [-0.4, -0.2) is 34.2 Å². The monoisotopic (exact) mass is 430 g/mol. The fourth-order valence-electron chi connectivity index (χ4n) is 3.82. The van der Waals surface area contributed by atoms with Gasteiger partial charge in [0, 0.05) is 42.5 Å². The van der Waals surface area contributed by atoms with Crippen molar-refractivity contribution in [3.05, 3.63) is 88.3 Å². The second-order valence-corrected chi connectivity index (χ2v) is 8.43. The summed E-state index contributed by atoms with van der Waals surface area (Å²) < 4.78 is 7.67. The first-order chi connectivity index (χ1) is 15.2. The molecular formula is C24H22N4O2S. The van der Waals surface area contributed by atoms with E-state index in [2.05, 4.69) is 51.7 Å². The van der Waals surface area contributed by atoms with Gasteiger partial charge in [0.15, 0.2) is 0 Å². The lowest BCUT2D eigenvalue weighted by Gasteiger charge is -2.34. The van der Waals surface area contributed by atoms with E-state index in [4.69, 9.17) is 9.72 Å². The van der Waals surface area contributed by atoms with Gasteiger partial charge in [0.25, 0.3) is 5.56 Å². The molecule has 1 aliphatic rings. The number of thiophene rings is 1. The van der Waals surface area contributed by atoms with E-state index in [0.29, 0.717) is 31.3 Å². The molecule has 3 aromatic heterocycles. The van der Waals surface area contributed by atoms with Crippen LogP contribution in [0.25, 0.3) is 21.7 Å². The molecule has 0 bridgehead atoms. The largest absolute Gasteiger partial charge is 0.370 e. The molecule has 0 N–H and O–H groups in total. The van der Waals surface area contributed by atoms with Gasteiger partial charge < -0.3 is 9.64 Å². The van der Waals surface area contributed by atoms with Crippen molar-refractivity contribution in [1.82, 2.24) is 14.5 Å². The van der Waals surface area contributed by atoms with Crippen molar-refractivity contribution < 1.29 is 4.74 Å². The third kappa shape index (κ3) is 4.02. The van der Waals surface area contributed by atoms with Gasteiger partial charge in [0.05, 0.1) is 18.8 Å². The van der Waals surface area contributed by atoms with E-state index in [0.717, 1.165) is 11.1 Å². The molecule has 0 radical (unpaired) electrons. The van der Waals surface area contributed by atoms with Crippen molar-refractivity contribution in [3.8, 4) is 21.7 Å². The Hall–Kier alpha value is -3.29. The Morgan fingerprint density at radius 3 is 2.61 bits per heavy atom. The van der Waals surface area contributed by atoms with E-state index in [1.165, 1.54) is 10.4 Å². The number of pyridine rings is 1. The lowest BCUT2D eigenvalue weighted by Crippen LogP contribution is -2.41. The Morgan fingerprint density at radius 2 is 1.87 bits per heavy atom. The van der Waals surface area contributed by atoms with Crippen LogP contribution < -0.4 is 10.5 Å². The summed E-state index contributed by atoms with van der Waals surface area (Å²) in [6.07, 6.45) is 3.34. The van der Waals surface area contributed by atoms with Gasteiger partial charge in [-0.2, -0.15) is 0 Å². The Bertz CT molecular complexity index is 1220. The van der Waals surface area contributed by atoms with Gasteiger partial charge in [0.1, 0.15) is 6.10 Å². The van der Waals surface area contributed by atoms with E-state index >= 15 is 0 Å². The molecule has 4 heterocycles. The van der Waals surface area contributed by atoms with Gasteiger partial charge in [-0.3, -0.25) is 14.3 Å². The smallest absolute Gasteiger partial charge is 0.255 e. The first-order valence-corrected chi connectivity index (χ1v) is 11.1. The van der Waals surface area contributed by atoms with Crippen molar-refractivity contribution in [2.24, 2.45) is 7.05 Å². The van der Waals surface area contributed by atoms with Crippen LogP contribution in [0.5, 0.6) is 0 Å². The highest BCUT2D eigenvalue weighted by Gasteiger charge is 2.25. The predicted octanol–water partition coefficient (Wildman–Crippen LogP) is 4.15.